The lowest BCUT2D eigenvalue weighted by molar-refractivity contribution is -0.929. The second-order valence-electron chi connectivity index (χ2n) is 5.49. The third kappa shape index (κ3) is 10.8. The lowest BCUT2D eigenvalue weighted by Gasteiger charge is -2.42. The Morgan fingerprint density at radius 2 is 1.62 bits per heavy atom. The normalized spacial score (nSPS) is 17.7. The van der Waals surface area contributed by atoms with Crippen molar-refractivity contribution >= 4 is 16.1 Å². The Kier molecular flexibility index (Phi) is 9.73. The van der Waals surface area contributed by atoms with E-state index in [-0.39, 0.29) is 12.4 Å². The van der Waals surface area contributed by atoms with Crippen molar-refractivity contribution in [2.75, 3.05) is 51.6 Å². The summed E-state index contributed by atoms with van der Waals surface area (Å²) in [4.78, 5) is 8.78. The van der Waals surface area contributed by atoms with E-state index in [1.165, 1.54) is 0 Å². The monoisotopic (exact) mass is 380 g/mol. The minimum atomic E-state index is -5.19. The molecule has 0 aromatic rings. The number of nitrogens with one attached hydrogen (secondary N) is 1. The molecule has 0 atom stereocenters. The number of carboxylic acid groups (broad SMARTS) is 1. The van der Waals surface area contributed by atoms with Gasteiger partial charge in [0, 0.05) is 32.5 Å². The van der Waals surface area contributed by atoms with Gasteiger partial charge < -0.3 is 24.8 Å². The van der Waals surface area contributed by atoms with Crippen LogP contribution in [0.4, 0.5) is 13.2 Å². The summed E-state index contributed by atoms with van der Waals surface area (Å²) in [6.45, 7) is 5.59. The number of alkyl halides is 3. The summed E-state index contributed by atoms with van der Waals surface area (Å²) in [7, 11) is -3.85. The average molecular weight is 380 g/mol. The number of halogens is 3. The molecule has 0 radical (unpaired) electrons. The molecule has 1 aliphatic heterocycles. The predicted octanol–water partition coefficient (Wildman–Crippen LogP) is -1.63. The van der Waals surface area contributed by atoms with Crippen LogP contribution in [-0.2, 0) is 14.9 Å². The number of carbonyl (C=O) groups is 1. The topological polar surface area (TPSA) is 127 Å². The van der Waals surface area contributed by atoms with Gasteiger partial charge in [0.05, 0.1) is 31.9 Å². The Balaban J connectivity index is 0.000000640. The number of hydrogen-bond donors (Lipinski definition) is 3. The first kappa shape index (κ1) is 23.1. The zero-order chi connectivity index (χ0) is 18.9. The molecule has 12 heteroatoms. The van der Waals surface area contributed by atoms with Crippen molar-refractivity contribution in [2.24, 2.45) is 0 Å². The summed E-state index contributed by atoms with van der Waals surface area (Å²) >= 11 is 0. The van der Waals surface area contributed by atoms with Crippen LogP contribution in [0.1, 0.15) is 12.8 Å². The van der Waals surface area contributed by atoms with Gasteiger partial charge in [-0.1, -0.05) is 0 Å². The van der Waals surface area contributed by atoms with Gasteiger partial charge >= 0.3 is 6.18 Å². The third-order valence-electron chi connectivity index (χ3n) is 3.58. The van der Waals surface area contributed by atoms with Gasteiger partial charge in [0.1, 0.15) is 5.97 Å². The molecule has 24 heavy (non-hydrogen) atoms. The van der Waals surface area contributed by atoms with E-state index in [0.717, 1.165) is 50.2 Å². The van der Waals surface area contributed by atoms with Crippen LogP contribution in [-0.4, -0.2) is 86.3 Å². The smallest absolute Gasteiger partial charge is 0.430 e. The Labute approximate surface area is 138 Å². The number of hydrogen-bond acceptors (Lipinski definition) is 6. The zero-order valence-corrected chi connectivity index (χ0v) is 13.9. The summed E-state index contributed by atoms with van der Waals surface area (Å²) in [6.07, 6.45) is -3.98. The summed E-state index contributed by atoms with van der Waals surface area (Å²) in [5.74, 6) is -3.17. The quantitative estimate of drug-likeness (QED) is 0.357. The molecule has 0 aliphatic carbocycles. The highest BCUT2D eigenvalue weighted by molar-refractivity contribution is 7.85. The fraction of sp³-hybridized carbons (Fsp3) is 0.917. The van der Waals surface area contributed by atoms with Crippen molar-refractivity contribution in [3.8, 4) is 0 Å². The van der Waals surface area contributed by atoms with E-state index in [1.54, 1.807) is 0 Å². The van der Waals surface area contributed by atoms with Gasteiger partial charge in [-0.3, -0.25) is 4.55 Å². The molecule has 1 aliphatic rings. The van der Waals surface area contributed by atoms with Gasteiger partial charge in [0.2, 0.25) is 0 Å². The molecule has 0 amide bonds. The largest absolute Gasteiger partial charge is 0.542 e. The van der Waals surface area contributed by atoms with Crippen LogP contribution in [0.3, 0.4) is 0 Å². The molecule has 1 rings (SSSR count). The van der Waals surface area contributed by atoms with Gasteiger partial charge in [-0.15, -0.1) is 0 Å². The van der Waals surface area contributed by atoms with Crippen molar-refractivity contribution in [1.29, 1.82) is 0 Å². The molecule has 0 spiro atoms. The van der Waals surface area contributed by atoms with Gasteiger partial charge in [0.25, 0.3) is 10.1 Å². The van der Waals surface area contributed by atoms with Crippen LogP contribution in [0.5, 0.6) is 0 Å². The van der Waals surface area contributed by atoms with Crippen molar-refractivity contribution in [2.45, 2.75) is 19.0 Å². The molecule has 3 N–H and O–H groups in total. The Morgan fingerprint density at radius 1 is 1.17 bits per heavy atom. The Morgan fingerprint density at radius 3 is 2.00 bits per heavy atom. The molecule has 144 valence electrons. The van der Waals surface area contributed by atoms with E-state index < -0.39 is 22.3 Å². The maximum Gasteiger partial charge on any atom is 0.430 e. The number of rotatable bonds is 7. The lowest BCUT2D eigenvalue weighted by atomic mass is 10.2. The average Bonchev–Trinajstić information content (AvgIpc) is 2.44. The second kappa shape index (κ2) is 10.1. The minimum absolute atomic E-state index is 0.167. The maximum absolute atomic E-state index is 10.7. The lowest BCUT2D eigenvalue weighted by Crippen LogP contribution is -2.59. The van der Waals surface area contributed by atoms with Crippen LogP contribution < -0.4 is 10.4 Å². The molecule has 1 heterocycles. The number of piperazine rings is 1. The molecule has 1 saturated heterocycles. The van der Waals surface area contributed by atoms with Crippen molar-refractivity contribution in [3.05, 3.63) is 0 Å². The Bertz CT molecular complexity index is 478. The molecule has 0 aromatic heterocycles. The van der Waals surface area contributed by atoms with Crippen LogP contribution in [0, 0.1) is 0 Å². The van der Waals surface area contributed by atoms with E-state index in [0.29, 0.717) is 6.42 Å². The molecule has 8 nitrogen and oxygen atoms in total. The molecular formula is C12H23F3N2O6S. The molecule has 0 aromatic carbocycles. The SMILES string of the molecule is O=C([O-])C(F)(F)F.O=S(=O)(O)CCC[N+]1(CCCO)CCNCC1. The van der Waals surface area contributed by atoms with Crippen molar-refractivity contribution < 1.29 is 45.6 Å². The zero-order valence-electron chi connectivity index (χ0n) is 13.1. The minimum Gasteiger partial charge on any atom is -0.542 e. The van der Waals surface area contributed by atoms with Gasteiger partial charge in [-0.2, -0.15) is 21.6 Å². The van der Waals surface area contributed by atoms with E-state index in [9.17, 15) is 21.6 Å². The first-order valence-electron chi connectivity index (χ1n) is 7.32. The Hall–Kier alpha value is -0.950. The predicted molar refractivity (Wildman–Crippen MR) is 76.4 cm³/mol. The van der Waals surface area contributed by atoms with Crippen molar-refractivity contribution in [3.63, 3.8) is 0 Å². The number of aliphatic hydroxyl groups is 1. The van der Waals surface area contributed by atoms with Crippen LogP contribution in [0.15, 0.2) is 0 Å². The standard InChI is InChI=1S/C10H22N2O4S.C2HF3O2/c13-9-1-5-12(7-3-11-4-8-12)6-2-10-17(14,15)16;3-2(4,5)1(6)7/h11,13H,1-10H2;(H,6,7). The summed E-state index contributed by atoms with van der Waals surface area (Å²) in [5, 5.41) is 21.0. The van der Waals surface area contributed by atoms with E-state index >= 15 is 0 Å². The maximum atomic E-state index is 10.7. The highest BCUT2D eigenvalue weighted by atomic mass is 32.2. The molecular weight excluding hydrogens is 357 g/mol. The van der Waals surface area contributed by atoms with Gasteiger partial charge in [0.15, 0.2) is 0 Å². The van der Waals surface area contributed by atoms with Crippen molar-refractivity contribution in [1.82, 2.24) is 5.32 Å². The third-order valence-corrected chi connectivity index (χ3v) is 4.39. The number of nitrogens with zero attached hydrogens (tertiary/aromatic N) is 1. The number of carbonyl (C=O) groups excluding carboxylic acids is 1. The fourth-order valence-corrected chi connectivity index (χ4v) is 2.91. The van der Waals surface area contributed by atoms with E-state index in [4.69, 9.17) is 19.6 Å². The van der Waals surface area contributed by atoms with E-state index in [2.05, 4.69) is 5.32 Å². The number of aliphatic hydroxyl groups excluding tert-OH is 1. The number of quaternary nitrogens is 1. The second-order valence-corrected chi connectivity index (χ2v) is 7.06. The highest BCUT2D eigenvalue weighted by Crippen LogP contribution is 2.12. The summed E-state index contributed by atoms with van der Waals surface area (Å²) in [6, 6.07) is 0. The van der Waals surface area contributed by atoms with Gasteiger partial charge in [-0.05, 0) is 0 Å². The summed E-state index contributed by atoms with van der Waals surface area (Å²) in [5.41, 5.74) is 0. The summed E-state index contributed by atoms with van der Waals surface area (Å²) < 4.78 is 62.5. The molecule has 0 unspecified atom stereocenters. The van der Waals surface area contributed by atoms with Crippen LogP contribution in [0.2, 0.25) is 0 Å². The first-order chi connectivity index (χ1) is 10.9. The molecule has 1 fully saturated rings. The molecule has 0 bridgehead atoms. The fourth-order valence-electron chi connectivity index (χ4n) is 2.42. The number of carboxylic acids is 1. The van der Waals surface area contributed by atoms with Crippen LogP contribution >= 0.6 is 0 Å². The molecule has 0 saturated carbocycles. The highest BCUT2D eigenvalue weighted by Gasteiger charge is 2.29. The first-order valence-corrected chi connectivity index (χ1v) is 8.93. The van der Waals surface area contributed by atoms with E-state index in [1.807, 2.05) is 0 Å². The number of aliphatic carboxylic acids is 1. The van der Waals surface area contributed by atoms with Gasteiger partial charge in [-0.25, -0.2) is 0 Å². The van der Waals surface area contributed by atoms with Crippen LogP contribution in [0.25, 0.3) is 0 Å².